The molecule has 0 saturated heterocycles. The van der Waals surface area contributed by atoms with Gasteiger partial charge in [-0.25, -0.2) is 0 Å². The minimum absolute atomic E-state index is 0.0724. The van der Waals surface area contributed by atoms with Gasteiger partial charge in [-0.15, -0.1) is 0 Å². The number of allylic oxidation sites excluding steroid dienone is 2. The number of ether oxygens (including phenoxy) is 1. The van der Waals surface area contributed by atoms with Gasteiger partial charge in [0.1, 0.15) is 0 Å². The highest BCUT2D eigenvalue weighted by atomic mass is 16.5. The molecule has 0 heterocycles. The van der Waals surface area contributed by atoms with Gasteiger partial charge in [0.25, 0.3) is 0 Å². The van der Waals surface area contributed by atoms with Crippen LogP contribution < -0.4 is 0 Å². The fourth-order valence-corrected chi connectivity index (χ4v) is 0.914. The average Bonchev–Trinajstić information content (AvgIpc) is 1.80. The van der Waals surface area contributed by atoms with Crippen molar-refractivity contribution in [1.29, 1.82) is 0 Å². The molecule has 0 aromatic carbocycles. The first-order valence-corrected chi connectivity index (χ1v) is 3.65. The Kier molecular flexibility index (Phi) is 2.49. The van der Waals surface area contributed by atoms with Crippen LogP contribution in [0.4, 0.5) is 0 Å². The Balaban J connectivity index is 2.12. The Bertz CT molecular complexity index is 149. The lowest BCUT2D eigenvalue weighted by Gasteiger charge is -2.15. The van der Waals surface area contributed by atoms with Gasteiger partial charge in [-0.05, 0) is 19.3 Å². The molecule has 0 saturated carbocycles. The summed E-state index contributed by atoms with van der Waals surface area (Å²) in [7, 11) is 0. The van der Waals surface area contributed by atoms with Gasteiger partial charge in [-0.1, -0.05) is 12.2 Å². The number of esters is 1. The van der Waals surface area contributed by atoms with Gasteiger partial charge in [0, 0.05) is 0 Å². The van der Waals surface area contributed by atoms with Gasteiger partial charge in [0.05, 0.1) is 13.0 Å². The highest BCUT2D eigenvalue weighted by Gasteiger charge is 2.14. The van der Waals surface area contributed by atoms with E-state index in [4.69, 9.17) is 4.74 Å². The van der Waals surface area contributed by atoms with E-state index in [0.717, 1.165) is 6.42 Å². The minimum atomic E-state index is -0.0724. The van der Waals surface area contributed by atoms with Crippen molar-refractivity contribution in [1.82, 2.24) is 0 Å². The van der Waals surface area contributed by atoms with Crippen LogP contribution in [0.25, 0.3) is 0 Å². The zero-order valence-electron chi connectivity index (χ0n) is 6.17. The van der Waals surface area contributed by atoms with Crippen molar-refractivity contribution in [2.24, 2.45) is 5.92 Å². The smallest absolute Gasteiger partial charge is 0.306 e. The molecule has 2 nitrogen and oxygen atoms in total. The molecule has 1 rings (SSSR count). The van der Waals surface area contributed by atoms with Crippen molar-refractivity contribution in [3.63, 3.8) is 0 Å². The molecule has 1 unspecified atom stereocenters. The van der Waals surface area contributed by atoms with Crippen molar-refractivity contribution in [3.05, 3.63) is 12.2 Å². The van der Waals surface area contributed by atoms with Crippen LogP contribution in [0.15, 0.2) is 12.2 Å². The summed E-state index contributed by atoms with van der Waals surface area (Å²) in [4.78, 5) is 10.8. The zero-order valence-corrected chi connectivity index (χ0v) is 6.17. The largest absolute Gasteiger partial charge is 0.466 e. The van der Waals surface area contributed by atoms with Gasteiger partial charge in [0.15, 0.2) is 0 Å². The molecular formula is C8H12O2. The maximum absolute atomic E-state index is 10.8. The van der Waals surface area contributed by atoms with Gasteiger partial charge in [0.2, 0.25) is 0 Å². The lowest BCUT2D eigenvalue weighted by Crippen LogP contribution is -2.12. The highest BCUT2D eigenvalue weighted by Crippen LogP contribution is 2.20. The monoisotopic (exact) mass is 140 g/mol. The summed E-state index contributed by atoms with van der Waals surface area (Å²) in [5.74, 6) is 0.385. The molecule has 0 spiro atoms. The molecule has 2 heteroatoms. The first-order valence-electron chi connectivity index (χ1n) is 3.65. The maximum Gasteiger partial charge on any atom is 0.306 e. The Hall–Kier alpha value is -0.790. The summed E-state index contributed by atoms with van der Waals surface area (Å²) in [6.07, 6.45) is 5.73. The van der Waals surface area contributed by atoms with Crippen LogP contribution in [0.3, 0.4) is 0 Å². The second-order valence-electron chi connectivity index (χ2n) is 2.43. The second-order valence-corrected chi connectivity index (χ2v) is 2.43. The molecule has 0 fully saturated rings. The van der Waals surface area contributed by atoms with Crippen LogP contribution in [0.5, 0.6) is 0 Å². The molecule has 1 atom stereocenters. The summed E-state index contributed by atoms with van der Waals surface area (Å²) in [5, 5.41) is 0. The number of carbonyl (C=O) groups is 1. The second kappa shape index (κ2) is 3.40. The van der Waals surface area contributed by atoms with Gasteiger partial charge in [-0.3, -0.25) is 4.79 Å². The van der Waals surface area contributed by atoms with Crippen LogP contribution in [-0.2, 0) is 9.53 Å². The third-order valence-electron chi connectivity index (χ3n) is 1.58. The lowest BCUT2D eigenvalue weighted by molar-refractivity contribution is -0.143. The summed E-state index contributed by atoms with van der Waals surface area (Å²) < 4.78 is 4.78. The average molecular weight is 140 g/mol. The first-order chi connectivity index (χ1) is 4.83. The van der Waals surface area contributed by atoms with E-state index >= 15 is 0 Å². The molecule has 0 aliphatic heterocycles. The molecule has 1 aliphatic carbocycles. The number of carbonyl (C=O) groups excluding carboxylic acids is 1. The maximum atomic E-state index is 10.8. The predicted molar refractivity (Wildman–Crippen MR) is 38.5 cm³/mol. The van der Waals surface area contributed by atoms with E-state index in [1.54, 1.807) is 0 Å². The van der Waals surface area contributed by atoms with Crippen LogP contribution in [-0.4, -0.2) is 12.6 Å². The van der Waals surface area contributed by atoms with Crippen LogP contribution >= 0.6 is 0 Å². The third kappa shape index (κ3) is 1.87. The van der Waals surface area contributed by atoms with E-state index in [9.17, 15) is 4.79 Å². The summed E-state index contributed by atoms with van der Waals surface area (Å²) >= 11 is 0. The van der Waals surface area contributed by atoms with E-state index in [1.165, 1.54) is 0 Å². The van der Waals surface area contributed by atoms with Crippen molar-refractivity contribution < 1.29 is 9.53 Å². The molecule has 0 bridgehead atoms. The van der Waals surface area contributed by atoms with Crippen LogP contribution in [0, 0.1) is 5.92 Å². The molecule has 1 aliphatic rings. The summed E-state index contributed by atoms with van der Waals surface area (Å²) in [6.45, 7) is 2.32. The van der Waals surface area contributed by atoms with E-state index < -0.39 is 0 Å². The van der Waals surface area contributed by atoms with E-state index in [-0.39, 0.29) is 5.97 Å². The molecule has 0 aromatic heterocycles. The molecule has 56 valence electrons. The van der Waals surface area contributed by atoms with Gasteiger partial charge >= 0.3 is 5.97 Å². The van der Waals surface area contributed by atoms with Crippen molar-refractivity contribution in [2.75, 3.05) is 6.61 Å². The Morgan fingerprint density at radius 1 is 1.80 bits per heavy atom. The van der Waals surface area contributed by atoms with Crippen molar-refractivity contribution >= 4 is 5.97 Å². The van der Waals surface area contributed by atoms with Crippen molar-refractivity contribution in [3.8, 4) is 0 Å². The molecule has 0 radical (unpaired) electrons. The van der Waals surface area contributed by atoms with E-state index in [1.807, 2.05) is 6.92 Å². The Labute approximate surface area is 60.9 Å². The number of hydrogen-bond donors (Lipinski definition) is 0. The molecule has 10 heavy (non-hydrogen) atoms. The zero-order chi connectivity index (χ0) is 7.40. The molecule has 0 aromatic rings. The highest BCUT2D eigenvalue weighted by molar-refractivity contribution is 5.70. The summed E-state index contributed by atoms with van der Waals surface area (Å²) in [6, 6.07) is 0. The lowest BCUT2D eigenvalue weighted by atomic mass is 9.92. The van der Waals surface area contributed by atoms with E-state index in [2.05, 4.69) is 12.2 Å². The summed E-state index contributed by atoms with van der Waals surface area (Å²) in [5.41, 5.74) is 0. The quantitative estimate of drug-likeness (QED) is 0.439. The van der Waals surface area contributed by atoms with E-state index in [0.29, 0.717) is 18.9 Å². The minimum Gasteiger partial charge on any atom is -0.466 e. The number of rotatable bonds is 3. The van der Waals surface area contributed by atoms with Gasteiger partial charge in [-0.2, -0.15) is 0 Å². The predicted octanol–water partition coefficient (Wildman–Crippen LogP) is 1.52. The Morgan fingerprint density at radius 3 is 2.90 bits per heavy atom. The van der Waals surface area contributed by atoms with Gasteiger partial charge < -0.3 is 4.74 Å². The topological polar surface area (TPSA) is 26.3 Å². The standard InChI is InChI=1S/C8H12O2/c1-2-10-8(9)6-7-4-3-5-7/h3-4,7H,2,5-6H2,1H3. The van der Waals surface area contributed by atoms with Crippen LogP contribution in [0.1, 0.15) is 19.8 Å². The molecule has 0 N–H and O–H groups in total. The number of hydrogen-bond acceptors (Lipinski definition) is 2. The van der Waals surface area contributed by atoms with Crippen LogP contribution in [0.2, 0.25) is 0 Å². The molecular weight excluding hydrogens is 128 g/mol. The Morgan fingerprint density at radius 2 is 2.50 bits per heavy atom. The third-order valence-corrected chi connectivity index (χ3v) is 1.58. The first kappa shape index (κ1) is 7.32. The molecule has 0 amide bonds. The SMILES string of the molecule is CCOC(=O)CC1C=CC1. The fourth-order valence-electron chi connectivity index (χ4n) is 0.914. The fraction of sp³-hybridized carbons (Fsp3) is 0.625. The van der Waals surface area contributed by atoms with Crippen molar-refractivity contribution in [2.45, 2.75) is 19.8 Å². The normalized spacial score (nSPS) is 21.9.